The maximum absolute atomic E-state index is 11.4. The monoisotopic (exact) mass is 1300 g/mol. The van der Waals surface area contributed by atoms with E-state index in [1.807, 2.05) is 48.2 Å². The average Bonchev–Trinajstić information content (AvgIpc) is 0.883. The molecule has 0 atom stereocenters. The van der Waals surface area contributed by atoms with Crippen LogP contribution in [0.4, 0.5) is 68.2 Å². The van der Waals surface area contributed by atoms with Crippen LogP contribution in [-0.4, -0.2) is 120 Å². The molecular formula is C65H64N12O18. The van der Waals surface area contributed by atoms with Gasteiger partial charge < -0.3 is 59.0 Å². The Bertz CT molecular complexity index is 4070. The van der Waals surface area contributed by atoms with Crippen LogP contribution in [0.25, 0.3) is 0 Å². The van der Waals surface area contributed by atoms with Crippen LogP contribution >= 0.6 is 0 Å². The molecule has 8 rings (SSSR count). The number of nitro groups is 2. The highest BCUT2D eigenvalue weighted by Gasteiger charge is 2.17. The van der Waals surface area contributed by atoms with Gasteiger partial charge in [0.25, 0.3) is 11.4 Å². The van der Waals surface area contributed by atoms with E-state index in [1.165, 1.54) is 89.1 Å². The summed E-state index contributed by atoms with van der Waals surface area (Å²) < 4.78 is 27.5. The molecule has 0 spiro atoms. The fraction of sp³-hybridized carbons (Fsp3) is 0.200. The Labute approximate surface area is 542 Å². The zero-order chi connectivity index (χ0) is 69.1. The zero-order valence-electron chi connectivity index (χ0n) is 52.2. The molecule has 0 amide bonds. The average molecular weight is 1300 g/mol. The lowest BCUT2D eigenvalue weighted by Crippen LogP contribution is -2.28. The summed E-state index contributed by atoms with van der Waals surface area (Å²) >= 11 is 0. The van der Waals surface area contributed by atoms with Crippen molar-refractivity contribution < 1.29 is 78.2 Å². The van der Waals surface area contributed by atoms with Gasteiger partial charge in [-0.2, -0.15) is 20.5 Å². The van der Waals surface area contributed by atoms with Gasteiger partial charge in [-0.3, -0.25) is 20.2 Å². The number of nitrogens with zero attached hydrogens (tertiary/aromatic N) is 12. The van der Waals surface area contributed by atoms with Crippen molar-refractivity contribution >= 4 is 92.1 Å². The van der Waals surface area contributed by atoms with E-state index in [-0.39, 0.29) is 51.7 Å². The molecule has 0 saturated heterocycles. The Kier molecular flexibility index (Phi) is 26.3. The van der Waals surface area contributed by atoms with Gasteiger partial charge in [-0.05, 0) is 129 Å². The number of azo groups is 4. The van der Waals surface area contributed by atoms with Crippen molar-refractivity contribution in [2.75, 3.05) is 71.0 Å². The number of likely N-dealkylation sites (N-methyl/N-ethyl adjacent to an activating group) is 1. The maximum atomic E-state index is 11.4. The molecule has 30 nitrogen and oxygen atoms in total. The normalized spacial score (nSPS) is 10.9. The van der Waals surface area contributed by atoms with E-state index in [1.54, 1.807) is 36.4 Å². The Hall–Kier alpha value is -12.8. The Balaban J connectivity index is 0.000000260. The summed E-state index contributed by atoms with van der Waals surface area (Å²) in [6, 6.07) is 39.7. The standard InChI is InChI=1S/C32H30N6O9.C25H28N6O4.C8H6O5/c1-4-37(13-14-47-26-16-20(31(39)40)15-21(17-26)32(41)42)24-9-5-22(6-10-24)33-35-27-18-30(46-3)28(19-29(27)45-2)36-34-23-7-11-25(12-8-23)38(43)44;1-5-15-30(6-2)20-11-7-18(8-12-20)26-28-22-16-25(35-4)23(17-24(22)34-3)29-27-19-9-13-21(14-10-19)31(32)33;9-6-2-4(7(10)11)1-5(3-6)8(12)13/h5-12,15-19H,4,13-14H2,1-3H3,(H,39,40)(H,41,42);7-14,16-17H,5-6,15H2,1-4H3;1-3,9H,(H,10,11)(H,12,13). The second kappa shape index (κ2) is 35.0. The van der Waals surface area contributed by atoms with Gasteiger partial charge in [-0.25, -0.2) is 19.2 Å². The molecule has 8 aromatic rings. The molecular weight excluding hydrogens is 1240 g/mol. The molecule has 0 bridgehead atoms. The topological polar surface area (TPSA) is 407 Å². The fourth-order valence-corrected chi connectivity index (χ4v) is 8.50. The van der Waals surface area contributed by atoms with Gasteiger partial charge in [0.2, 0.25) is 0 Å². The molecule has 0 aromatic heterocycles. The lowest BCUT2D eigenvalue weighted by atomic mass is 10.1. The van der Waals surface area contributed by atoms with Crippen LogP contribution in [0.5, 0.6) is 34.5 Å². The highest BCUT2D eigenvalue weighted by molar-refractivity contribution is 5.95. The summed E-state index contributed by atoms with van der Waals surface area (Å²) in [6.07, 6.45) is 1.08. The molecule has 0 fully saturated rings. The van der Waals surface area contributed by atoms with E-state index in [9.17, 15) is 49.6 Å². The second-order valence-corrected chi connectivity index (χ2v) is 19.5. The van der Waals surface area contributed by atoms with Crippen molar-refractivity contribution in [3.05, 3.63) is 200 Å². The first-order valence-electron chi connectivity index (χ1n) is 28.5. The third-order valence-electron chi connectivity index (χ3n) is 13.3. The quantitative estimate of drug-likeness (QED) is 0.0173. The number of aromatic carboxylic acids is 4. The van der Waals surface area contributed by atoms with Crippen molar-refractivity contribution in [2.24, 2.45) is 40.9 Å². The number of nitro benzene ring substituents is 2. The summed E-state index contributed by atoms with van der Waals surface area (Å²) in [5.74, 6) is -3.67. The number of aromatic hydroxyl groups is 1. The first-order chi connectivity index (χ1) is 45.6. The van der Waals surface area contributed by atoms with Crippen molar-refractivity contribution in [3.8, 4) is 34.5 Å². The molecule has 0 radical (unpaired) electrons. The minimum Gasteiger partial charge on any atom is -0.508 e. The van der Waals surface area contributed by atoms with E-state index in [4.69, 9.17) is 39.0 Å². The molecule has 5 N–H and O–H groups in total. The number of hydrogen-bond donors (Lipinski definition) is 5. The first kappa shape index (κ1) is 71.3. The highest BCUT2D eigenvalue weighted by atomic mass is 16.6. The third kappa shape index (κ3) is 20.9. The third-order valence-corrected chi connectivity index (χ3v) is 13.3. The number of carboxylic acid groups (broad SMARTS) is 4. The lowest BCUT2D eigenvalue weighted by molar-refractivity contribution is -0.385. The van der Waals surface area contributed by atoms with Crippen LogP contribution in [0.3, 0.4) is 0 Å². The van der Waals surface area contributed by atoms with E-state index >= 15 is 0 Å². The number of non-ortho nitro benzene ring substituents is 2. The minimum atomic E-state index is -1.28. The second-order valence-electron chi connectivity index (χ2n) is 19.5. The Morgan fingerprint density at radius 2 is 0.695 bits per heavy atom. The predicted molar refractivity (Wildman–Crippen MR) is 349 cm³/mol. The van der Waals surface area contributed by atoms with Crippen LogP contribution in [0.1, 0.15) is 68.6 Å². The molecule has 0 heterocycles. The summed E-state index contributed by atoms with van der Waals surface area (Å²) in [4.78, 5) is 68.6. The number of carbonyl (C=O) groups is 4. The van der Waals surface area contributed by atoms with Crippen LogP contribution in [-0.2, 0) is 0 Å². The Morgan fingerprint density at radius 3 is 0.958 bits per heavy atom. The SMILES string of the molecule is CCCN(CC)c1ccc(N=Nc2cc(OC)c(N=Nc3ccc([N+](=O)[O-])cc3)cc2OC)cc1.CCN(CCOc1cc(C(=O)O)cc(C(=O)O)c1)c1ccc(N=Nc2cc(OC)c(N=Nc3ccc([N+](=O)[O-])cc3)cc2OC)cc1.O=C(O)c1cc(O)cc(C(=O)O)c1. The van der Waals surface area contributed by atoms with Gasteiger partial charge in [-0.15, -0.1) is 20.5 Å². The van der Waals surface area contributed by atoms with Crippen LogP contribution < -0.4 is 33.5 Å². The van der Waals surface area contributed by atoms with Crippen molar-refractivity contribution in [1.29, 1.82) is 0 Å². The van der Waals surface area contributed by atoms with Gasteiger partial charge >= 0.3 is 23.9 Å². The molecule has 0 aliphatic rings. The molecule has 0 saturated carbocycles. The van der Waals surface area contributed by atoms with E-state index in [2.05, 4.69) is 59.7 Å². The highest BCUT2D eigenvalue weighted by Crippen LogP contribution is 2.43. The van der Waals surface area contributed by atoms with Gasteiger partial charge in [0, 0.05) is 79.5 Å². The van der Waals surface area contributed by atoms with Crippen molar-refractivity contribution in [2.45, 2.75) is 27.2 Å². The maximum Gasteiger partial charge on any atom is 0.335 e. The molecule has 0 aliphatic carbocycles. The molecule has 30 heteroatoms. The minimum absolute atomic E-state index is 0.0174. The molecule has 492 valence electrons. The van der Waals surface area contributed by atoms with Gasteiger partial charge in [-0.1, -0.05) is 6.92 Å². The number of phenols is 1. The van der Waals surface area contributed by atoms with Crippen LogP contribution in [0.2, 0.25) is 0 Å². The number of anilines is 2. The van der Waals surface area contributed by atoms with Crippen LogP contribution in [0, 0.1) is 20.2 Å². The molecule has 0 unspecified atom stereocenters. The largest absolute Gasteiger partial charge is 0.508 e. The predicted octanol–water partition coefficient (Wildman–Crippen LogP) is 16.2. The van der Waals surface area contributed by atoms with E-state index in [0.29, 0.717) is 81.6 Å². The Morgan fingerprint density at radius 1 is 0.411 bits per heavy atom. The number of carboxylic acids is 4. The summed E-state index contributed by atoms with van der Waals surface area (Å²) in [5.41, 5.74) is 4.89. The molecule has 95 heavy (non-hydrogen) atoms. The lowest BCUT2D eigenvalue weighted by Gasteiger charge is -2.23. The summed E-state index contributed by atoms with van der Waals surface area (Å²) in [7, 11) is 5.99. The first-order valence-corrected chi connectivity index (χ1v) is 28.5. The van der Waals surface area contributed by atoms with Crippen LogP contribution in [0.15, 0.2) is 199 Å². The van der Waals surface area contributed by atoms with E-state index in [0.717, 1.165) is 55.2 Å². The zero-order valence-corrected chi connectivity index (χ0v) is 52.2. The number of ether oxygens (including phenoxy) is 5. The number of phenolic OH excluding ortho intramolecular Hbond substituents is 1. The van der Waals surface area contributed by atoms with Gasteiger partial charge in [0.15, 0.2) is 0 Å². The molecule has 8 aromatic carbocycles. The van der Waals surface area contributed by atoms with Gasteiger partial charge in [0.1, 0.15) is 63.9 Å². The number of rotatable bonds is 28. The summed E-state index contributed by atoms with van der Waals surface area (Å²) in [6.45, 7) is 9.49. The summed E-state index contributed by atoms with van der Waals surface area (Å²) in [5, 5.41) is 100. The fourth-order valence-electron chi connectivity index (χ4n) is 8.50. The van der Waals surface area contributed by atoms with E-state index < -0.39 is 33.7 Å². The van der Waals surface area contributed by atoms with Crippen molar-refractivity contribution in [3.63, 3.8) is 0 Å². The van der Waals surface area contributed by atoms with Gasteiger partial charge in [0.05, 0.1) is 89.8 Å². The smallest absolute Gasteiger partial charge is 0.335 e. The number of hydrogen-bond acceptors (Lipinski definition) is 24. The molecule has 0 aliphatic heterocycles. The number of methoxy groups -OCH3 is 4. The van der Waals surface area contributed by atoms with Crippen molar-refractivity contribution in [1.82, 2.24) is 0 Å². The number of benzene rings is 8.